The van der Waals surface area contributed by atoms with Crippen LogP contribution in [0, 0.1) is 29.1 Å². The predicted octanol–water partition coefficient (Wildman–Crippen LogP) is 5.83. The highest BCUT2D eigenvalue weighted by Crippen LogP contribution is 2.64. The minimum absolute atomic E-state index is 0.102. The van der Waals surface area contributed by atoms with Gasteiger partial charge in [-0.1, -0.05) is 36.3 Å². The number of nitrogens with zero attached hydrogens (tertiary/aromatic N) is 1. The van der Waals surface area contributed by atoms with Crippen LogP contribution < -0.4 is 0 Å². The second-order valence-corrected chi connectivity index (χ2v) is 11.7. The van der Waals surface area contributed by atoms with Crippen LogP contribution in [0.1, 0.15) is 71.6 Å². The van der Waals surface area contributed by atoms with Crippen LogP contribution >= 0.6 is 0 Å². The maximum Gasteiger partial charge on any atom is 0.156 e. The number of Topliss-reactive ketones (excluding diaryl/α,β-unsaturated/α-hetero) is 1. The van der Waals surface area contributed by atoms with Crippen LogP contribution in [0.2, 0.25) is 0 Å². The van der Waals surface area contributed by atoms with Crippen molar-refractivity contribution in [1.29, 1.82) is 0 Å². The fourth-order valence-corrected chi connectivity index (χ4v) is 8.37. The lowest BCUT2D eigenvalue weighted by Crippen LogP contribution is -2.45. The number of fused-ring (bicyclic) bond motifs is 4. The van der Waals surface area contributed by atoms with Gasteiger partial charge in [-0.3, -0.25) is 9.59 Å². The van der Waals surface area contributed by atoms with E-state index in [0.29, 0.717) is 41.8 Å². The van der Waals surface area contributed by atoms with Crippen molar-refractivity contribution in [3.63, 3.8) is 0 Å². The largest absolute Gasteiger partial charge is 0.302 e. The van der Waals surface area contributed by atoms with E-state index in [2.05, 4.69) is 38.6 Å². The first-order valence-corrected chi connectivity index (χ1v) is 12.7. The van der Waals surface area contributed by atoms with Gasteiger partial charge in [-0.05, 0) is 113 Å². The van der Waals surface area contributed by atoms with E-state index in [0.717, 1.165) is 44.9 Å². The molecular weight excluding hydrogens is 394 g/mol. The Bertz CT molecular complexity index is 964. The molecule has 0 aromatic heterocycles. The Morgan fingerprint density at radius 2 is 1.97 bits per heavy atom. The molecule has 6 unspecified atom stereocenters. The van der Waals surface area contributed by atoms with Gasteiger partial charge in [0.15, 0.2) is 5.78 Å². The molecule has 0 aromatic carbocycles. The first-order chi connectivity index (χ1) is 15.2. The summed E-state index contributed by atoms with van der Waals surface area (Å²) in [5.74, 6) is 2.49. The lowest BCUT2D eigenvalue weighted by atomic mass is 9.52. The van der Waals surface area contributed by atoms with Gasteiger partial charge in [0, 0.05) is 18.4 Å². The van der Waals surface area contributed by atoms with Crippen LogP contribution in [-0.2, 0) is 9.59 Å². The Labute approximate surface area is 193 Å². The summed E-state index contributed by atoms with van der Waals surface area (Å²) >= 11 is 0. The lowest BCUT2D eigenvalue weighted by Gasteiger charge is -2.52. The molecule has 3 fully saturated rings. The summed E-state index contributed by atoms with van der Waals surface area (Å²) in [5, 5.41) is 0. The summed E-state index contributed by atoms with van der Waals surface area (Å²) < 4.78 is 0. The molecule has 0 bridgehead atoms. The summed E-state index contributed by atoms with van der Waals surface area (Å²) in [4.78, 5) is 27.1. The van der Waals surface area contributed by atoms with Gasteiger partial charge in [0.1, 0.15) is 5.78 Å². The molecule has 0 heterocycles. The number of hydrogen-bond acceptors (Lipinski definition) is 3. The minimum atomic E-state index is 0.102. The molecule has 0 aromatic rings. The molecule has 3 saturated carbocycles. The van der Waals surface area contributed by atoms with Crippen molar-refractivity contribution in [2.75, 3.05) is 14.1 Å². The standard InChI is InChI=1S/C29H39NO2/c1-17-12-19(14-27(17)30(4)5)13-21-16-29(3)25(18(2)31)10-11-26(29)24-8-6-20-15-22(32)7-9-23(20)28(21)24/h13,15,21,24-27H,1,6-12,14,16H2,2-5H3/b19-13-. The second-order valence-electron chi connectivity index (χ2n) is 11.7. The van der Waals surface area contributed by atoms with Crippen LogP contribution in [0.15, 0.2) is 46.6 Å². The number of rotatable bonds is 3. The Balaban J connectivity index is 1.59. The predicted molar refractivity (Wildman–Crippen MR) is 129 cm³/mol. The molecule has 172 valence electrons. The first-order valence-electron chi connectivity index (χ1n) is 12.7. The minimum Gasteiger partial charge on any atom is -0.302 e. The summed E-state index contributed by atoms with van der Waals surface area (Å²) in [5.41, 5.74) is 7.43. The zero-order chi connectivity index (χ0) is 22.8. The van der Waals surface area contributed by atoms with Crippen molar-refractivity contribution in [3.05, 3.63) is 46.6 Å². The Morgan fingerprint density at radius 1 is 1.19 bits per heavy atom. The average Bonchev–Trinajstić information content (AvgIpc) is 3.26. The van der Waals surface area contributed by atoms with Gasteiger partial charge in [-0.25, -0.2) is 0 Å². The van der Waals surface area contributed by atoms with Gasteiger partial charge < -0.3 is 4.90 Å². The van der Waals surface area contributed by atoms with Crippen molar-refractivity contribution >= 4 is 11.6 Å². The van der Waals surface area contributed by atoms with Gasteiger partial charge in [0.25, 0.3) is 0 Å². The molecule has 0 spiro atoms. The van der Waals surface area contributed by atoms with Gasteiger partial charge in [0.2, 0.25) is 0 Å². The smallest absolute Gasteiger partial charge is 0.156 e. The van der Waals surface area contributed by atoms with Gasteiger partial charge >= 0.3 is 0 Å². The Hall–Kier alpha value is -1.74. The molecule has 0 saturated heterocycles. The molecular formula is C29H39NO2. The summed E-state index contributed by atoms with van der Waals surface area (Å²) in [7, 11) is 4.30. The van der Waals surface area contributed by atoms with Gasteiger partial charge in [-0.15, -0.1) is 0 Å². The summed E-state index contributed by atoms with van der Waals surface area (Å²) in [6, 6.07) is 0.437. The highest BCUT2D eigenvalue weighted by molar-refractivity contribution is 5.93. The number of carbonyl (C=O) groups excluding carboxylic acids is 2. The average molecular weight is 434 g/mol. The molecule has 5 rings (SSSR count). The molecule has 3 nitrogen and oxygen atoms in total. The lowest BCUT2D eigenvalue weighted by molar-refractivity contribution is -0.125. The second kappa shape index (κ2) is 7.94. The molecule has 0 N–H and O–H groups in total. The van der Waals surface area contributed by atoms with E-state index in [4.69, 9.17) is 0 Å². The SMILES string of the molecule is C=C1C/C(=C/C2CC3(C)C(C(C)=O)CCC3C3CCC4=CC(=O)CCC4=C23)CC1N(C)C. The van der Waals surface area contributed by atoms with E-state index < -0.39 is 0 Å². The fraction of sp³-hybridized carbons (Fsp3) is 0.655. The number of carbonyl (C=O) groups is 2. The van der Waals surface area contributed by atoms with Crippen LogP contribution in [0.3, 0.4) is 0 Å². The molecule has 5 aliphatic carbocycles. The van der Waals surface area contributed by atoms with Gasteiger partial charge in [0.05, 0.1) is 0 Å². The number of hydrogen-bond donors (Lipinski definition) is 0. The molecule has 0 amide bonds. The van der Waals surface area contributed by atoms with E-state index >= 15 is 0 Å². The highest BCUT2D eigenvalue weighted by Gasteiger charge is 2.57. The molecule has 0 radical (unpaired) electrons. The zero-order valence-corrected chi connectivity index (χ0v) is 20.4. The third-order valence-corrected chi connectivity index (χ3v) is 9.70. The molecule has 0 aliphatic heterocycles. The number of allylic oxidation sites excluding steroid dienone is 5. The molecule has 3 heteroatoms. The highest BCUT2D eigenvalue weighted by atomic mass is 16.1. The van der Waals surface area contributed by atoms with Crippen LogP contribution in [0.5, 0.6) is 0 Å². The summed E-state index contributed by atoms with van der Waals surface area (Å²) in [6.45, 7) is 8.61. The van der Waals surface area contributed by atoms with Crippen molar-refractivity contribution in [2.24, 2.45) is 29.1 Å². The normalized spacial score (nSPS) is 40.5. The third-order valence-electron chi connectivity index (χ3n) is 9.70. The molecule has 32 heavy (non-hydrogen) atoms. The maximum absolute atomic E-state index is 12.7. The van der Waals surface area contributed by atoms with E-state index in [1.165, 1.54) is 28.7 Å². The monoisotopic (exact) mass is 433 g/mol. The third kappa shape index (κ3) is 3.43. The van der Waals surface area contributed by atoms with Crippen LogP contribution in [0.4, 0.5) is 0 Å². The quantitative estimate of drug-likeness (QED) is 0.526. The van der Waals surface area contributed by atoms with E-state index in [-0.39, 0.29) is 11.3 Å². The van der Waals surface area contributed by atoms with E-state index in [9.17, 15) is 9.59 Å². The van der Waals surface area contributed by atoms with E-state index in [1.54, 1.807) is 5.57 Å². The molecule has 6 atom stereocenters. The van der Waals surface area contributed by atoms with E-state index in [1.807, 2.05) is 13.0 Å². The zero-order valence-electron chi connectivity index (χ0n) is 20.4. The topological polar surface area (TPSA) is 37.4 Å². The fourth-order valence-electron chi connectivity index (χ4n) is 8.37. The van der Waals surface area contributed by atoms with Crippen molar-refractivity contribution in [1.82, 2.24) is 4.90 Å². The number of likely N-dealkylation sites (N-methyl/N-ethyl adjacent to an activating group) is 1. The van der Waals surface area contributed by atoms with Crippen molar-refractivity contribution in [3.8, 4) is 0 Å². The molecule has 5 aliphatic rings. The Kier molecular flexibility index (Phi) is 5.47. The maximum atomic E-state index is 12.7. The Morgan fingerprint density at radius 3 is 2.66 bits per heavy atom. The van der Waals surface area contributed by atoms with Crippen molar-refractivity contribution < 1.29 is 9.59 Å². The van der Waals surface area contributed by atoms with Crippen LogP contribution in [-0.4, -0.2) is 36.6 Å². The van der Waals surface area contributed by atoms with Crippen LogP contribution in [0.25, 0.3) is 0 Å². The number of ketones is 2. The summed E-state index contributed by atoms with van der Waals surface area (Å²) in [6.07, 6.45) is 13.7. The van der Waals surface area contributed by atoms with Crippen molar-refractivity contribution in [2.45, 2.75) is 77.7 Å². The van der Waals surface area contributed by atoms with Gasteiger partial charge in [-0.2, -0.15) is 0 Å². The first kappa shape index (κ1) is 22.1.